The molecule has 25 heavy (non-hydrogen) atoms. The Morgan fingerprint density at radius 1 is 0.920 bits per heavy atom. The van der Waals surface area contributed by atoms with Gasteiger partial charge in [0.2, 0.25) is 5.91 Å². The summed E-state index contributed by atoms with van der Waals surface area (Å²) in [7, 11) is 0. The fraction of sp³-hybridized carbons (Fsp3) is 0.263. The minimum absolute atomic E-state index is 0.0298. The van der Waals surface area contributed by atoms with Crippen molar-refractivity contribution in [2.24, 2.45) is 0 Å². The molecule has 0 saturated carbocycles. The van der Waals surface area contributed by atoms with Crippen LogP contribution >= 0.6 is 11.6 Å². The third-order valence-electron chi connectivity index (χ3n) is 4.29. The highest BCUT2D eigenvalue weighted by atomic mass is 35.5. The standard InChI is InChI=1S/C19H18ClFN2O2/c20-15-7-4-8-16(21)18(15)19(25)23-11-9-22(10-12-23)17(24)13-14-5-2-1-3-6-14/h1-8H,9-13H2. The van der Waals surface area contributed by atoms with E-state index in [4.69, 9.17) is 11.6 Å². The Morgan fingerprint density at radius 2 is 1.56 bits per heavy atom. The number of benzene rings is 2. The molecule has 130 valence electrons. The van der Waals surface area contributed by atoms with E-state index >= 15 is 0 Å². The molecule has 1 saturated heterocycles. The molecule has 1 fully saturated rings. The number of rotatable bonds is 3. The molecular formula is C19H18ClFN2O2. The Morgan fingerprint density at radius 3 is 2.20 bits per heavy atom. The van der Waals surface area contributed by atoms with Gasteiger partial charge in [0.1, 0.15) is 5.82 Å². The second-order valence-corrected chi connectivity index (χ2v) is 6.34. The predicted octanol–water partition coefficient (Wildman–Crippen LogP) is 3.01. The van der Waals surface area contributed by atoms with E-state index in [-0.39, 0.29) is 16.5 Å². The monoisotopic (exact) mass is 360 g/mol. The minimum Gasteiger partial charge on any atom is -0.339 e. The summed E-state index contributed by atoms with van der Waals surface area (Å²) in [4.78, 5) is 28.1. The largest absolute Gasteiger partial charge is 0.339 e. The summed E-state index contributed by atoms with van der Waals surface area (Å²) in [6.45, 7) is 1.60. The van der Waals surface area contributed by atoms with Crippen LogP contribution < -0.4 is 0 Å². The highest BCUT2D eigenvalue weighted by Crippen LogP contribution is 2.21. The van der Waals surface area contributed by atoms with Crippen molar-refractivity contribution in [2.45, 2.75) is 6.42 Å². The molecular weight excluding hydrogens is 343 g/mol. The van der Waals surface area contributed by atoms with Gasteiger partial charge in [-0.2, -0.15) is 0 Å². The number of nitrogens with zero attached hydrogens (tertiary/aromatic N) is 2. The van der Waals surface area contributed by atoms with Crippen molar-refractivity contribution >= 4 is 23.4 Å². The summed E-state index contributed by atoms with van der Waals surface area (Å²) in [6, 6.07) is 13.7. The molecule has 1 aliphatic heterocycles. The van der Waals surface area contributed by atoms with Gasteiger partial charge in [0.15, 0.2) is 0 Å². The van der Waals surface area contributed by atoms with E-state index in [2.05, 4.69) is 0 Å². The fourth-order valence-electron chi connectivity index (χ4n) is 2.90. The topological polar surface area (TPSA) is 40.6 Å². The summed E-state index contributed by atoms with van der Waals surface area (Å²) in [5.41, 5.74) is 0.859. The van der Waals surface area contributed by atoms with Gasteiger partial charge in [-0.1, -0.05) is 48.0 Å². The van der Waals surface area contributed by atoms with Gasteiger partial charge in [0, 0.05) is 26.2 Å². The molecule has 0 bridgehead atoms. The van der Waals surface area contributed by atoms with Crippen LogP contribution in [0.3, 0.4) is 0 Å². The number of halogens is 2. The molecule has 2 amide bonds. The summed E-state index contributed by atoms with van der Waals surface area (Å²) < 4.78 is 13.9. The van der Waals surface area contributed by atoms with Crippen LogP contribution in [0.25, 0.3) is 0 Å². The average molecular weight is 361 g/mol. The molecule has 3 rings (SSSR count). The van der Waals surface area contributed by atoms with Gasteiger partial charge < -0.3 is 9.80 Å². The highest BCUT2D eigenvalue weighted by Gasteiger charge is 2.27. The quantitative estimate of drug-likeness (QED) is 0.844. The van der Waals surface area contributed by atoms with Crippen LogP contribution in [0, 0.1) is 5.82 Å². The molecule has 2 aromatic rings. The normalized spacial score (nSPS) is 14.5. The second-order valence-electron chi connectivity index (χ2n) is 5.93. The molecule has 0 N–H and O–H groups in total. The molecule has 0 unspecified atom stereocenters. The van der Waals surface area contributed by atoms with E-state index < -0.39 is 11.7 Å². The SMILES string of the molecule is O=C(Cc1ccccc1)N1CCN(C(=O)c2c(F)cccc2Cl)CC1. The zero-order valence-electron chi connectivity index (χ0n) is 13.6. The minimum atomic E-state index is -0.625. The Kier molecular flexibility index (Phi) is 5.34. The summed E-state index contributed by atoms with van der Waals surface area (Å²) in [6.07, 6.45) is 0.341. The zero-order chi connectivity index (χ0) is 17.8. The average Bonchev–Trinajstić information content (AvgIpc) is 2.62. The van der Waals surface area contributed by atoms with Crippen molar-refractivity contribution < 1.29 is 14.0 Å². The number of hydrogen-bond donors (Lipinski definition) is 0. The van der Waals surface area contributed by atoms with Crippen LogP contribution in [0.4, 0.5) is 4.39 Å². The molecule has 6 heteroatoms. The summed E-state index contributed by atoms with van der Waals surface area (Å²) in [5, 5.41) is 0.104. The Balaban J connectivity index is 1.60. The van der Waals surface area contributed by atoms with E-state index in [0.29, 0.717) is 32.6 Å². The molecule has 0 spiro atoms. The Labute approximate surface area is 150 Å². The van der Waals surface area contributed by atoms with Crippen molar-refractivity contribution in [3.05, 3.63) is 70.5 Å². The number of carbonyl (C=O) groups excluding carboxylic acids is 2. The summed E-state index contributed by atoms with van der Waals surface area (Å²) >= 11 is 5.96. The number of carbonyl (C=O) groups is 2. The van der Waals surface area contributed by atoms with Crippen LogP contribution in [0.5, 0.6) is 0 Å². The van der Waals surface area contributed by atoms with Crippen molar-refractivity contribution in [1.82, 2.24) is 9.80 Å². The Hall–Kier alpha value is -2.40. The van der Waals surface area contributed by atoms with E-state index in [1.165, 1.54) is 23.1 Å². The van der Waals surface area contributed by atoms with Crippen LogP contribution in [-0.2, 0) is 11.2 Å². The van der Waals surface area contributed by atoms with E-state index in [0.717, 1.165) is 5.56 Å². The van der Waals surface area contributed by atoms with Crippen LogP contribution in [0.2, 0.25) is 5.02 Å². The van der Waals surface area contributed by atoms with Crippen LogP contribution in [-0.4, -0.2) is 47.8 Å². The maximum absolute atomic E-state index is 13.9. The lowest BCUT2D eigenvalue weighted by molar-refractivity contribution is -0.131. The van der Waals surface area contributed by atoms with E-state index in [1.54, 1.807) is 4.90 Å². The summed E-state index contributed by atoms with van der Waals surface area (Å²) in [5.74, 6) is -1.03. The first-order chi connectivity index (χ1) is 12.1. The number of hydrogen-bond acceptors (Lipinski definition) is 2. The van der Waals surface area contributed by atoms with Gasteiger partial charge in [0.05, 0.1) is 17.0 Å². The van der Waals surface area contributed by atoms with Gasteiger partial charge >= 0.3 is 0 Å². The molecule has 1 aliphatic rings. The van der Waals surface area contributed by atoms with Gasteiger partial charge in [-0.05, 0) is 17.7 Å². The second kappa shape index (κ2) is 7.66. The first-order valence-corrected chi connectivity index (χ1v) is 8.49. The van der Waals surface area contributed by atoms with Gasteiger partial charge in [-0.3, -0.25) is 9.59 Å². The predicted molar refractivity (Wildman–Crippen MR) is 94.0 cm³/mol. The Bertz CT molecular complexity index is 754. The molecule has 4 nitrogen and oxygen atoms in total. The lowest BCUT2D eigenvalue weighted by atomic mass is 10.1. The van der Waals surface area contributed by atoms with Gasteiger partial charge in [-0.25, -0.2) is 4.39 Å². The number of amides is 2. The van der Waals surface area contributed by atoms with Gasteiger partial charge in [0.25, 0.3) is 5.91 Å². The lowest BCUT2D eigenvalue weighted by Gasteiger charge is -2.35. The molecule has 0 atom stereocenters. The smallest absolute Gasteiger partial charge is 0.258 e. The first kappa shape index (κ1) is 17.4. The first-order valence-electron chi connectivity index (χ1n) is 8.11. The molecule has 1 heterocycles. The van der Waals surface area contributed by atoms with Crippen molar-refractivity contribution in [3.63, 3.8) is 0 Å². The van der Waals surface area contributed by atoms with Crippen molar-refractivity contribution in [3.8, 4) is 0 Å². The molecule has 0 radical (unpaired) electrons. The van der Waals surface area contributed by atoms with Crippen molar-refractivity contribution in [2.75, 3.05) is 26.2 Å². The third kappa shape index (κ3) is 3.99. The van der Waals surface area contributed by atoms with E-state index in [1.807, 2.05) is 30.3 Å². The van der Waals surface area contributed by atoms with E-state index in [9.17, 15) is 14.0 Å². The lowest BCUT2D eigenvalue weighted by Crippen LogP contribution is -2.51. The van der Waals surface area contributed by atoms with Crippen LogP contribution in [0.1, 0.15) is 15.9 Å². The molecule has 0 aliphatic carbocycles. The highest BCUT2D eigenvalue weighted by molar-refractivity contribution is 6.33. The number of piperazine rings is 1. The zero-order valence-corrected chi connectivity index (χ0v) is 14.4. The third-order valence-corrected chi connectivity index (χ3v) is 4.61. The van der Waals surface area contributed by atoms with Crippen LogP contribution in [0.15, 0.2) is 48.5 Å². The van der Waals surface area contributed by atoms with Crippen molar-refractivity contribution in [1.29, 1.82) is 0 Å². The maximum Gasteiger partial charge on any atom is 0.258 e. The maximum atomic E-state index is 13.9. The molecule has 2 aromatic carbocycles. The molecule has 0 aromatic heterocycles. The fourth-order valence-corrected chi connectivity index (χ4v) is 3.15. The van der Waals surface area contributed by atoms with Gasteiger partial charge in [-0.15, -0.1) is 0 Å².